The number of ketones is 1. The molecule has 0 saturated carbocycles. The molecule has 2 aromatic carbocycles. The standard InChI is InChI=1S/C17H18O2/c1-13-8-9-16(14(2)12-13)17(18)10-11-19-15-6-4-3-5-7-15/h3-9,12H,10-11H2,1-2H3. The van der Waals surface area contributed by atoms with Crippen molar-refractivity contribution in [3.05, 3.63) is 65.2 Å². The summed E-state index contributed by atoms with van der Waals surface area (Å²) in [5, 5.41) is 0. The van der Waals surface area contributed by atoms with Gasteiger partial charge in [0, 0.05) is 12.0 Å². The Kier molecular flexibility index (Phi) is 4.35. The molecule has 98 valence electrons. The summed E-state index contributed by atoms with van der Waals surface area (Å²) in [5.74, 6) is 0.935. The molecule has 0 aliphatic heterocycles. The predicted molar refractivity (Wildman–Crippen MR) is 76.8 cm³/mol. The van der Waals surface area contributed by atoms with E-state index in [-0.39, 0.29) is 5.78 Å². The molecule has 0 radical (unpaired) electrons. The van der Waals surface area contributed by atoms with Gasteiger partial charge in [-0.25, -0.2) is 0 Å². The van der Waals surface area contributed by atoms with Gasteiger partial charge >= 0.3 is 0 Å². The molecule has 0 fully saturated rings. The third kappa shape index (κ3) is 3.68. The summed E-state index contributed by atoms with van der Waals surface area (Å²) in [7, 11) is 0. The monoisotopic (exact) mass is 254 g/mol. The zero-order valence-corrected chi connectivity index (χ0v) is 11.3. The van der Waals surface area contributed by atoms with Gasteiger partial charge in [-0.1, -0.05) is 42.0 Å². The van der Waals surface area contributed by atoms with Gasteiger partial charge in [0.1, 0.15) is 5.75 Å². The van der Waals surface area contributed by atoms with Crippen LogP contribution >= 0.6 is 0 Å². The highest BCUT2D eigenvalue weighted by Crippen LogP contribution is 2.14. The maximum absolute atomic E-state index is 12.1. The highest BCUT2D eigenvalue weighted by atomic mass is 16.5. The van der Waals surface area contributed by atoms with Crippen molar-refractivity contribution in [2.45, 2.75) is 20.3 Å². The Labute approximate surface area is 114 Å². The van der Waals surface area contributed by atoms with Gasteiger partial charge < -0.3 is 4.74 Å². The van der Waals surface area contributed by atoms with Crippen molar-refractivity contribution in [1.29, 1.82) is 0 Å². The Hall–Kier alpha value is -2.09. The van der Waals surface area contributed by atoms with Crippen LogP contribution in [-0.2, 0) is 0 Å². The van der Waals surface area contributed by atoms with E-state index in [4.69, 9.17) is 4.74 Å². The summed E-state index contributed by atoms with van der Waals surface area (Å²) in [6, 6.07) is 15.5. The number of hydrogen-bond donors (Lipinski definition) is 0. The van der Waals surface area contributed by atoms with E-state index in [1.165, 1.54) is 5.56 Å². The number of benzene rings is 2. The van der Waals surface area contributed by atoms with E-state index in [2.05, 4.69) is 0 Å². The summed E-state index contributed by atoms with van der Waals surface area (Å²) in [6.07, 6.45) is 0.402. The van der Waals surface area contributed by atoms with E-state index >= 15 is 0 Å². The molecule has 0 aromatic heterocycles. The molecule has 0 amide bonds. The number of aryl methyl sites for hydroxylation is 2. The highest BCUT2D eigenvalue weighted by molar-refractivity contribution is 5.97. The van der Waals surface area contributed by atoms with Crippen LogP contribution in [0.3, 0.4) is 0 Å². The molecule has 2 rings (SSSR count). The van der Waals surface area contributed by atoms with Crippen LogP contribution in [0.1, 0.15) is 27.9 Å². The van der Waals surface area contributed by atoms with Crippen molar-refractivity contribution >= 4 is 5.78 Å². The highest BCUT2D eigenvalue weighted by Gasteiger charge is 2.09. The number of rotatable bonds is 5. The van der Waals surface area contributed by atoms with Gasteiger partial charge in [0.25, 0.3) is 0 Å². The maximum atomic E-state index is 12.1. The van der Waals surface area contributed by atoms with Crippen LogP contribution < -0.4 is 4.74 Å². The van der Waals surface area contributed by atoms with Crippen LogP contribution in [-0.4, -0.2) is 12.4 Å². The Morgan fingerprint density at radius 1 is 1.05 bits per heavy atom. The molecule has 0 heterocycles. The minimum absolute atomic E-state index is 0.133. The Morgan fingerprint density at radius 3 is 2.47 bits per heavy atom. The smallest absolute Gasteiger partial charge is 0.166 e. The summed E-state index contributed by atoms with van der Waals surface area (Å²) in [4.78, 5) is 12.1. The first kappa shape index (κ1) is 13.3. The molecular formula is C17H18O2. The van der Waals surface area contributed by atoms with Crippen molar-refractivity contribution in [2.75, 3.05) is 6.61 Å². The summed E-state index contributed by atoms with van der Waals surface area (Å²) >= 11 is 0. The number of ether oxygens (including phenoxy) is 1. The van der Waals surface area contributed by atoms with Gasteiger partial charge in [-0.2, -0.15) is 0 Å². The van der Waals surface area contributed by atoms with E-state index in [1.807, 2.05) is 62.4 Å². The minimum atomic E-state index is 0.133. The molecule has 0 unspecified atom stereocenters. The van der Waals surface area contributed by atoms with E-state index in [1.54, 1.807) is 0 Å². The number of Topliss-reactive ketones (excluding diaryl/α,β-unsaturated/α-hetero) is 1. The largest absolute Gasteiger partial charge is 0.493 e. The fraction of sp³-hybridized carbons (Fsp3) is 0.235. The lowest BCUT2D eigenvalue weighted by Crippen LogP contribution is -2.08. The zero-order valence-electron chi connectivity index (χ0n) is 11.3. The fourth-order valence-corrected chi connectivity index (χ4v) is 2.04. The van der Waals surface area contributed by atoms with Gasteiger partial charge in [-0.3, -0.25) is 4.79 Å². The molecule has 0 bridgehead atoms. The first-order valence-corrected chi connectivity index (χ1v) is 6.45. The quantitative estimate of drug-likeness (QED) is 0.755. The third-order valence-electron chi connectivity index (χ3n) is 3.02. The predicted octanol–water partition coefficient (Wildman–Crippen LogP) is 3.96. The SMILES string of the molecule is Cc1ccc(C(=O)CCOc2ccccc2)c(C)c1. The first-order chi connectivity index (χ1) is 9.16. The third-order valence-corrected chi connectivity index (χ3v) is 3.02. The van der Waals surface area contributed by atoms with Gasteiger partial charge in [-0.15, -0.1) is 0 Å². The lowest BCUT2D eigenvalue weighted by Gasteiger charge is -2.07. The number of carbonyl (C=O) groups is 1. The topological polar surface area (TPSA) is 26.3 Å². The second kappa shape index (κ2) is 6.19. The van der Waals surface area contributed by atoms with Crippen molar-refractivity contribution in [3.63, 3.8) is 0 Å². The Morgan fingerprint density at radius 2 is 1.79 bits per heavy atom. The molecule has 19 heavy (non-hydrogen) atoms. The maximum Gasteiger partial charge on any atom is 0.166 e. The van der Waals surface area contributed by atoms with Crippen molar-refractivity contribution in [3.8, 4) is 5.75 Å². The second-order valence-corrected chi connectivity index (χ2v) is 4.65. The van der Waals surface area contributed by atoms with E-state index in [0.29, 0.717) is 13.0 Å². The first-order valence-electron chi connectivity index (χ1n) is 6.45. The lowest BCUT2D eigenvalue weighted by molar-refractivity contribution is 0.0961. The minimum Gasteiger partial charge on any atom is -0.493 e. The molecular weight excluding hydrogens is 236 g/mol. The Balaban J connectivity index is 1.91. The fourth-order valence-electron chi connectivity index (χ4n) is 2.04. The number of hydrogen-bond acceptors (Lipinski definition) is 2. The average Bonchev–Trinajstić information content (AvgIpc) is 2.39. The molecule has 0 spiro atoms. The summed E-state index contributed by atoms with van der Waals surface area (Å²) < 4.78 is 5.54. The Bertz CT molecular complexity index is 559. The van der Waals surface area contributed by atoms with Crippen LogP contribution in [0.2, 0.25) is 0 Å². The molecule has 0 N–H and O–H groups in total. The zero-order chi connectivity index (χ0) is 13.7. The molecule has 2 nitrogen and oxygen atoms in total. The van der Waals surface area contributed by atoms with Crippen molar-refractivity contribution in [2.24, 2.45) is 0 Å². The normalized spacial score (nSPS) is 10.2. The van der Waals surface area contributed by atoms with Gasteiger partial charge in [0.15, 0.2) is 5.78 Å². The summed E-state index contributed by atoms with van der Waals surface area (Å²) in [5.41, 5.74) is 3.00. The molecule has 0 atom stereocenters. The van der Waals surface area contributed by atoms with Crippen LogP contribution in [0.15, 0.2) is 48.5 Å². The van der Waals surface area contributed by atoms with Crippen LogP contribution in [0.5, 0.6) is 5.75 Å². The average molecular weight is 254 g/mol. The molecule has 2 heteroatoms. The molecule has 0 aliphatic rings. The van der Waals surface area contributed by atoms with E-state index < -0.39 is 0 Å². The van der Waals surface area contributed by atoms with Gasteiger partial charge in [0.05, 0.1) is 6.61 Å². The van der Waals surface area contributed by atoms with E-state index in [0.717, 1.165) is 16.9 Å². The van der Waals surface area contributed by atoms with Gasteiger partial charge in [0.2, 0.25) is 0 Å². The number of carbonyl (C=O) groups excluding carboxylic acids is 1. The van der Waals surface area contributed by atoms with Gasteiger partial charge in [-0.05, 0) is 31.5 Å². The van der Waals surface area contributed by atoms with Crippen LogP contribution in [0, 0.1) is 13.8 Å². The van der Waals surface area contributed by atoms with Crippen LogP contribution in [0.4, 0.5) is 0 Å². The van der Waals surface area contributed by atoms with E-state index in [9.17, 15) is 4.79 Å². The van der Waals surface area contributed by atoms with Crippen molar-refractivity contribution in [1.82, 2.24) is 0 Å². The number of para-hydroxylation sites is 1. The molecule has 2 aromatic rings. The molecule has 0 saturated heterocycles. The van der Waals surface area contributed by atoms with Crippen molar-refractivity contribution < 1.29 is 9.53 Å². The van der Waals surface area contributed by atoms with Crippen LogP contribution in [0.25, 0.3) is 0 Å². The lowest BCUT2D eigenvalue weighted by atomic mass is 10.0. The molecule has 0 aliphatic carbocycles. The second-order valence-electron chi connectivity index (χ2n) is 4.65. The summed E-state index contributed by atoms with van der Waals surface area (Å²) in [6.45, 7) is 4.41.